The Morgan fingerprint density at radius 1 is 1.12 bits per heavy atom. The van der Waals surface area contributed by atoms with Gasteiger partial charge in [-0.2, -0.15) is 0 Å². The fraction of sp³-hybridized carbons (Fsp3) is 0.353. The second-order valence-corrected chi connectivity index (χ2v) is 14.7. The van der Waals surface area contributed by atoms with Gasteiger partial charge in [0.25, 0.3) is 0 Å². The molecular formula is C17H21IN4OSSi. The summed E-state index contributed by atoms with van der Waals surface area (Å²) < 4.78 is 7.99. The van der Waals surface area contributed by atoms with Crippen molar-refractivity contribution in [3.8, 4) is 0 Å². The van der Waals surface area contributed by atoms with Crippen molar-refractivity contribution in [3.63, 3.8) is 0 Å². The molecule has 132 valence electrons. The minimum absolute atomic E-state index is 0.430. The van der Waals surface area contributed by atoms with Gasteiger partial charge in [-0.15, -0.1) is 10.2 Å². The maximum Gasteiger partial charge on any atom is 0.194 e. The van der Waals surface area contributed by atoms with E-state index in [1.807, 2.05) is 35.2 Å². The molecule has 0 saturated carbocycles. The number of hydrogen-bond donors (Lipinski definition) is 0. The van der Waals surface area contributed by atoms with Crippen LogP contribution in [0.3, 0.4) is 0 Å². The van der Waals surface area contributed by atoms with Crippen LogP contribution in [0.25, 0.3) is 10.2 Å². The lowest BCUT2D eigenvalue weighted by atomic mass is 10.3. The number of anilines is 2. The Kier molecular flexibility index (Phi) is 6.03. The van der Waals surface area contributed by atoms with E-state index in [0.29, 0.717) is 6.73 Å². The van der Waals surface area contributed by atoms with Crippen molar-refractivity contribution in [1.82, 2.24) is 15.2 Å². The van der Waals surface area contributed by atoms with Crippen LogP contribution < -0.4 is 4.90 Å². The van der Waals surface area contributed by atoms with Crippen LogP contribution in [0.15, 0.2) is 36.4 Å². The Morgan fingerprint density at radius 3 is 2.60 bits per heavy atom. The highest BCUT2D eigenvalue weighted by Gasteiger charge is 2.18. The summed E-state index contributed by atoms with van der Waals surface area (Å²) in [5, 5.41) is 9.37. The molecule has 2 aromatic heterocycles. The van der Waals surface area contributed by atoms with Crippen molar-refractivity contribution in [2.75, 3.05) is 18.2 Å². The summed E-state index contributed by atoms with van der Waals surface area (Å²) in [6.07, 6.45) is 0. The number of para-hydroxylation sites is 1. The van der Waals surface area contributed by atoms with Crippen LogP contribution in [0.5, 0.6) is 0 Å². The Hall–Kier alpha value is -1.10. The lowest BCUT2D eigenvalue weighted by molar-refractivity contribution is 0.153. The van der Waals surface area contributed by atoms with Gasteiger partial charge >= 0.3 is 0 Å². The molecule has 0 fully saturated rings. The molecule has 0 unspecified atom stereocenters. The molecule has 25 heavy (non-hydrogen) atoms. The summed E-state index contributed by atoms with van der Waals surface area (Å²) in [7, 11) is -1.11. The number of nitrogens with zero attached hydrogens (tertiary/aromatic N) is 4. The molecule has 5 nitrogen and oxygen atoms in total. The third-order valence-electron chi connectivity index (χ3n) is 3.62. The fourth-order valence-electron chi connectivity index (χ4n) is 2.18. The Morgan fingerprint density at radius 2 is 1.92 bits per heavy atom. The van der Waals surface area contributed by atoms with Crippen molar-refractivity contribution in [3.05, 3.63) is 40.1 Å². The highest BCUT2D eigenvalue weighted by atomic mass is 127. The van der Waals surface area contributed by atoms with Gasteiger partial charge in [0, 0.05) is 14.7 Å². The van der Waals surface area contributed by atoms with Crippen LogP contribution in [0.4, 0.5) is 10.9 Å². The molecule has 3 aromatic rings. The summed E-state index contributed by atoms with van der Waals surface area (Å²) in [5.41, 5.74) is 0.994. The van der Waals surface area contributed by atoms with E-state index < -0.39 is 8.07 Å². The van der Waals surface area contributed by atoms with Gasteiger partial charge in [-0.25, -0.2) is 4.98 Å². The average Bonchev–Trinajstić information content (AvgIpc) is 2.98. The molecule has 0 atom stereocenters. The lowest BCUT2D eigenvalue weighted by Gasteiger charge is -2.21. The second kappa shape index (κ2) is 8.06. The van der Waals surface area contributed by atoms with Crippen molar-refractivity contribution in [1.29, 1.82) is 0 Å². The van der Waals surface area contributed by atoms with Gasteiger partial charge in [0.15, 0.2) is 10.9 Å². The lowest BCUT2D eigenvalue weighted by Crippen LogP contribution is -2.26. The smallest absolute Gasteiger partial charge is 0.194 e. The summed E-state index contributed by atoms with van der Waals surface area (Å²) in [4.78, 5) is 6.74. The van der Waals surface area contributed by atoms with Crippen molar-refractivity contribution in [2.45, 2.75) is 25.7 Å². The van der Waals surface area contributed by atoms with Gasteiger partial charge in [0.1, 0.15) is 10.4 Å². The molecule has 2 heterocycles. The van der Waals surface area contributed by atoms with Gasteiger partial charge in [-0.05, 0) is 52.9 Å². The Balaban J connectivity index is 1.82. The Labute approximate surface area is 166 Å². The number of hydrogen-bond acceptors (Lipinski definition) is 6. The molecule has 1 aromatic carbocycles. The molecule has 0 amide bonds. The maximum absolute atomic E-state index is 5.96. The number of thiazole rings is 1. The standard InChI is InChI=1S/C17H21IN4OSSi/c1-25(2,3)11-10-23-12-22(16-9-8-15(18)20-21-16)17-19-13-6-4-5-7-14(13)24-17/h4-9H,10-12H2,1-3H3. The van der Waals surface area contributed by atoms with Gasteiger partial charge in [-0.1, -0.05) is 43.1 Å². The zero-order valence-electron chi connectivity index (χ0n) is 14.6. The molecule has 0 bridgehead atoms. The molecular weight excluding hydrogens is 463 g/mol. The first-order chi connectivity index (χ1) is 11.9. The SMILES string of the molecule is C[Si](C)(C)CCOCN(c1ccc(I)nn1)c1nc2ccccc2s1. The van der Waals surface area contributed by atoms with E-state index in [0.717, 1.165) is 37.5 Å². The van der Waals surface area contributed by atoms with Crippen LogP contribution in [0, 0.1) is 3.70 Å². The van der Waals surface area contributed by atoms with E-state index in [4.69, 9.17) is 9.72 Å². The summed E-state index contributed by atoms with van der Waals surface area (Å²) in [6, 6.07) is 13.2. The van der Waals surface area contributed by atoms with Gasteiger partial charge in [0.2, 0.25) is 0 Å². The summed E-state index contributed by atoms with van der Waals surface area (Å²) >= 11 is 3.80. The van der Waals surface area contributed by atoms with Crippen LogP contribution in [0.1, 0.15) is 0 Å². The highest BCUT2D eigenvalue weighted by molar-refractivity contribution is 14.1. The first-order valence-electron chi connectivity index (χ1n) is 8.12. The zero-order valence-corrected chi connectivity index (χ0v) is 18.5. The van der Waals surface area contributed by atoms with Crippen LogP contribution in [-0.4, -0.2) is 36.6 Å². The van der Waals surface area contributed by atoms with Gasteiger partial charge in [-0.3, -0.25) is 4.90 Å². The molecule has 0 aliphatic heterocycles. The van der Waals surface area contributed by atoms with E-state index in [9.17, 15) is 0 Å². The Bertz CT molecular complexity index is 802. The molecule has 0 N–H and O–H groups in total. The molecule has 0 spiro atoms. The molecule has 0 saturated heterocycles. The van der Waals surface area contributed by atoms with E-state index in [2.05, 4.69) is 58.5 Å². The average molecular weight is 484 g/mol. The number of aromatic nitrogens is 3. The maximum atomic E-state index is 5.96. The van der Waals surface area contributed by atoms with E-state index in [1.165, 1.54) is 0 Å². The fourth-order valence-corrected chi connectivity index (χ4v) is 4.19. The zero-order chi connectivity index (χ0) is 17.9. The van der Waals surface area contributed by atoms with Crippen LogP contribution in [0.2, 0.25) is 25.7 Å². The van der Waals surface area contributed by atoms with E-state index in [-0.39, 0.29) is 0 Å². The predicted octanol–water partition coefficient (Wildman–Crippen LogP) is 5.14. The minimum Gasteiger partial charge on any atom is -0.361 e. The topological polar surface area (TPSA) is 51.1 Å². The summed E-state index contributed by atoms with van der Waals surface area (Å²) in [5.74, 6) is 0.757. The first-order valence-corrected chi connectivity index (χ1v) is 13.7. The normalized spacial score (nSPS) is 11.8. The largest absolute Gasteiger partial charge is 0.361 e. The third-order valence-corrected chi connectivity index (χ3v) is 6.96. The van der Waals surface area contributed by atoms with Crippen molar-refractivity contribution < 1.29 is 4.74 Å². The molecule has 3 rings (SSSR count). The third kappa shape index (κ3) is 5.19. The predicted molar refractivity (Wildman–Crippen MR) is 115 cm³/mol. The quantitative estimate of drug-likeness (QED) is 0.201. The molecule has 0 radical (unpaired) electrons. The molecule has 0 aliphatic rings. The monoisotopic (exact) mass is 484 g/mol. The van der Waals surface area contributed by atoms with Gasteiger partial charge in [0.05, 0.1) is 10.2 Å². The number of benzene rings is 1. The number of fused-ring (bicyclic) bond motifs is 1. The highest BCUT2D eigenvalue weighted by Crippen LogP contribution is 2.32. The second-order valence-electron chi connectivity index (χ2n) is 6.95. The number of rotatable bonds is 7. The number of ether oxygens (including phenoxy) is 1. The van der Waals surface area contributed by atoms with Crippen LogP contribution >= 0.6 is 33.9 Å². The molecule has 0 aliphatic carbocycles. The minimum atomic E-state index is -1.11. The van der Waals surface area contributed by atoms with E-state index in [1.54, 1.807) is 11.3 Å². The van der Waals surface area contributed by atoms with E-state index >= 15 is 0 Å². The van der Waals surface area contributed by atoms with Crippen LogP contribution in [-0.2, 0) is 4.74 Å². The summed E-state index contributed by atoms with van der Waals surface area (Å²) in [6.45, 7) is 8.25. The number of halogens is 1. The molecule has 8 heteroatoms. The first kappa shape index (κ1) is 18.7. The van der Waals surface area contributed by atoms with Crippen molar-refractivity contribution in [2.24, 2.45) is 0 Å². The van der Waals surface area contributed by atoms with Gasteiger partial charge < -0.3 is 4.74 Å². The van der Waals surface area contributed by atoms with Crippen molar-refractivity contribution >= 4 is 63.2 Å².